The van der Waals surface area contributed by atoms with Gasteiger partial charge in [-0.05, 0) is 54.1 Å². The summed E-state index contributed by atoms with van der Waals surface area (Å²) >= 11 is 12.4. The van der Waals surface area contributed by atoms with Crippen molar-refractivity contribution in [3.05, 3.63) is 100 Å². The van der Waals surface area contributed by atoms with Crippen LogP contribution in [0.1, 0.15) is 15.9 Å². The SMILES string of the molecule is O=C(Nc1ccc(N2CCN(C(=O)/C=C/c3ccccc3)CC2)c(Cl)c1)c1ccc(Cl)cc1. The van der Waals surface area contributed by atoms with Crippen molar-refractivity contribution in [1.29, 1.82) is 0 Å². The van der Waals surface area contributed by atoms with Crippen molar-refractivity contribution < 1.29 is 9.59 Å². The highest BCUT2D eigenvalue weighted by atomic mass is 35.5. The molecular weight excluding hydrogens is 457 g/mol. The maximum absolute atomic E-state index is 12.5. The number of amides is 2. The number of benzene rings is 3. The predicted octanol–water partition coefficient (Wildman–Crippen LogP) is 5.61. The molecule has 1 heterocycles. The van der Waals surface area contributed by atoms with Gasteiger partial charge in [0.25, 0.3) is 5.91 Å². The molecule has 5 nitrogen and oxygen atoms in total. The van der Waals surface area contributed by atoms with Crippen LogP contribution in [0.15, 0.2) is 78.9 Å². The van der Waals surface area contributed by atoms with E-state index in [-0.39, 0.29) is 11.8 Å². The molecule has 33 heavy (non-hydrogen) atoms. The molecule has 3 aromatic carbocycles. The fourth-order valence-electron chi connectivity index (χ4n) is 3.65. The normalized spacial score (nSPS) is 13.9. The van der Waals surface area contributed by atoms with Gasteiger partial charge in [0.2, 0.25) is 5.91 Å². The predicted molar refractivity (Wildman–Crippen MR) is 135 cm³/mol. The molecule has 1 saturated heterocycles. The summed E-state index contributed by atoms with van der Waals surface area (Å²) in [5.74, 6) is -0.226. The molecule has 1 N–H and O–H groups in total. The van der Waals surface area contributed by atoms with E-state index in [4.69, 9.17) is 23.2 Å². The number of hydrogen-bond acceptors (Lipinski definition) is 3. The average molecular weight is 480 g/mol. The first-order valence-corrected chi connectivity index (χ1v) is 11.4. The Morgan fingerprint density at radius 2 is 1.55 bits per heavy atom. The Labute approximate surface area is 203 Å². The second kappa shape index (κ2) is 10.6. The number of carbonyl (C=O) groups is 2. The molecule has 2 amide bonds. The lowest BCUT2D eigenvalue weighted by Crippen LogP contribution is -2.48. The van der Waals surface area contributed by atoms with Gasteiger partial charge in [0.1, 0.15) is 0 Å². The summed E-state index contributed by atoms with van der Waals surface area (Å²) in [5, 5.41) is 3.98. The number of carbonyl (C=O) groups excluding carboxylic acids is 2. The minimum atomic E-state index is -0.230. The van der Waals surface area contributed by atoms with Crippen LogP contribution in [0.2, 0.25) is 10.0 Å². The van der Waals surface area contributed by atoms with Crippen molar-refractivity contribution in [2.24, 2.45) is 0 Å². The van der Waals surface area contributed by atoms with Gasteiger partial charge in [-0.15, -0.1) is 0 Å². The van der Waals surface area contributed by atoms with Gasteiger partial charge in [0.15, 0.2) is 0 Å². The van der Waals surface area contributed by atoms with Gasteiger partial charge in [0, 0.05) is 48.5 Å². The van der Waals surface area contributed by atoms with Crippen molar-refractivity contribution in [2.75, 3.05) is 36.4 Å². The van der Waals surface area contributed by atoms with Gasteiger partial charge in [-0.1, -0.05) is 53.5 Å². The molecular formula is C26H23Cl2N3O2. The monoisotopic (exact) mass is 479 g/mol. The zero-order chi connectivity index (χ0) is 23.2. The van der Waals surface area contributed by atoms with Gasteiger partial charge >= 0.3 is 0 Å². The van der Waals surface area contributed by atoms with Crippen LogP contribution < -0.4 is 10.2 Å². The molecule has 7 heteroatoms. The lowest BCUT2D eigenvalue weighted by atomic mass is 10.2. The second-order valence-corrected chi connectivity index (χ2v) is 8.53. The number of nitrogens with zero attached hydrogens (tertiary/aromatic N) is 2. The number of anilines is 2. The molecule has 0 bridgehead atoms. The number of nitrogens with one attached hydrogen (secondary N) is 1. The summed E-state index contributed by atoms with van der Waals surface area (Å²) in [6.45, 7) is 2.59. The van der Waals surface area contributed by atoms with E-state index >= 15 is 0 Å². The Bertz CT molecular complexity index is 1160. The maximum Gasteiger partial charge on any atom is 0.255 e. The molecule has 4 rings (SSSR count). The van der Waals surface area contributed by atoms with Crippen molar-refractivity contribution in [3.8, 4) is 0 Å². The zero-order valence-corrected chi connectivity index (χ0v) is 19.4. The Balaban J connectivity index is 1.33. The fraction of sp³-hybridized carbons (Fsp3) is 0.154. The summed E-state index contributed by atoms with van der Waals surface area (Å²) in [5.41, 5.74) is 3.01. The molecule has 0 atom stereocenters. The Morgan fingerprint density at radius 1 is 0.848 bits per heavy atom. The number of piperazine rings is 1. The highest BCUT2D eigenvalue weighted by molar-refractivity contribution is 6.33. The molecule has 1 fully saturated rings. The molecule has 0 aliphatic carbocycles. The van der Waals surface area contributed by atoms with E-state index in [1.807, 2.05) is 53.4 Å². The molecule has 0 saturated carbocycles. The van der Waals surface area contributed by atoms with E-state index in [1.165, 1.54) is 0 Å². The van der Waals surface area contributed by atoms with Gasteiger partial charge in [-0.3, -0.25) is 9.59 Å². The van der Waals surface area contributed by atoms with Crippen molar-refractivity contribution >= 4 is 52.5 Å². The summed E-state index contributed by atoms with van der Waals surface area (Å²) in [6, 6.07) is 21.9. The third-order valence-electron chi connectivity index (χ3n) is 5.46. The first kappa shape index (κ1) is 22.9. The number of halogens is 2. The summed E-state index contributed by atoms with van der Waals surface area (Å²) in [4.78, 5) is 28.9. The molecule has 1 aliphatic heterocycles. The molecule has 1 aliphatic rings. The minimum Gasteiger partial charge on any atom is -0.367 e. The Kier molecular flexibility index (Phi) is 7.33. The molecule has 3 aromatic rings. The highest BCUT2D eigenvalue weighted by Crippen LogP contribution is 2.30. The van der Waals surface area contributed by atoms with Crippen LogP contribution in [-0.2, 0) is 4.79 Å². The highest BCUT2D eigenvalue weighted by Gasteiger charge is 2.21. The van der Waals surface area contributed by atoms with Crippen LogP contribution in [-0.4, -0.2) is 42.9 Å². The molecule has 0 radical (unpaired) electrons. The minimum absolute atomic E-state index is 0.00450. The topological polar surface area (TPSA) is 52.7 Å². The van der Waals surface area contributed by atoms with Gasteiger partial charge in [-0.25, -0.2) is 0 Å². The van der Waals surface area contributed by atoms with E-state index in [0.717, 1.165) is 11.3 Å². The zero-order valence-electron chi connectivity index (χ0n) is 17.9. The quantitative estimate of drug-likeness (QED) is 0.484. The average Bonchev–Trinajstić information content (AvgIpc) is 2.84. The van der Waals surface area contributed by atoms with Crippen LogP contribution in [0.3, 0.4) is 0 Å². The largest absolute Gasteiger partial charge is 0.367 e. The van der Waals surface area contributed by atoms with Crippen molar-refractivity contribution in [2.45, 2.75) is 0 Å². The van der Waals surface area contributed by atoms with Crippen LogP contribution in [0.4, 0.5) is 11.4 Å². The summed E-state index contributed by atoms with van der Waals surface area (Å²) in [7, 11) is 0. The van der Waals surface area contributed by atoms with Crippen molar-refractivity contribution in [3.63, 3.8) is 0 Å². The lowest BCUT2D eigenvalue weighted by molar-refractivity contribution is -0.126. The van der Waals surface area contributed by atoms with Crippen LogP contribution in [0.25, 0.3) is 6.08 Å². The van der Waals surface area contributed by atoms with Gasteiger partial charge in [-0.2, -0.15) is 0 Å². The first-order chi connectivity index (χ1) is 16.0. The van der Waals surface area contributed by atoms with E-state index in [9.17, 15) is 9.59 Å². The van der Waals surface area contributed by atoms with E-state index < -0.39 is 0 Å². The Morgan fingerprint density at radius 3 is 2.21 bits per heavy atom. The Hall–Kier alpha value is -3.28. The summed E-state index contributed by atoms with van der Waals surface area (Å²) < 4.78 is 0. The second-order valence-electron chi connectivity index (χ2n) is 7.68. The van der Waals surface area contributed by atoms with Crippen LogP contribution in [0.5, 0.6) is 0 Å². The fourth-order valence-corrected chi connectivity index (χ4v) is 4.08. The van der Waals surface area contributed by atoms with E-state index in [0.29, 0.717) is 47.5 Å². The maximum atomic E-state index is 12.5. The van der Waals surface area contributed by atoms with Gasteiger partial charge in [0.05, 0.1) is 10.7 Å². The van der Waals surface area contributed by atoms with E-state index in [2.05, 4.69) is 10.2 Å². The third-order valence-corrected chi connectivity index (χ3v) is 6.02. The summed E-state index contributed by atoms with van der Waals surface area (Å²) in [6.07, 6.45) is 3.46. The number of hydrogen-bond donors (Lipinski definition) is 1. The standard InChI is InChI=1S/C26H23Cl2N3O2/c27-21-9-7-20(8-10-21)26(33)29-22-11-12-24(23(28)18-22)30-14-16-31(17-15-30)25(32)13-6-19-4-2-1-3-5-19/h1-13,18H,14-17H2,(H,29,33)/b13-6+. The lowest BCUT2D eigenvalue weighted by Gasteiger charge is -2.36. The van der Waals surface area contributed by atoms with Crippen LogP contribution in [0, 0.1) is 0 Å². The van der Waals surface area contributed by atoms with Crippen molar-refractivity contribution in [1.82, 2.24) is 4.90 Å². The first-order valence-electron chi connectivity index (χ1n) is 10.6. The smallest absolute Gasteiger partial charge is 0.255 e. The molecule has 0 unspecified atom stereocenters. The van der Waals surface area contributed by atoms with Crippen LogP contribution >= 0.6 is 23.2 Å². The van der Waals surface area contributed by atoms with Gasteiger partial charge < -0.3 is 15.1 Å². The molecule has 0 spiro atoms. The molecule has 168 valence electrons. The van der Waals surface area contributed by atoms with E-state index in [1.54, 1.807) is 36.4 Å². The molecule has 0 aromatic heterocycles. The third kappa shape index (κ3) is 5.95. The number of rotatable bonds is 5.